The van der Waals surface area contributed by atoms with Crippen LogP contribution in [0.5, 0.6) is 0 Å². The molecule has 1 aliphatic carbocycles. The molecule has 1 saturated carbocycles. The fourth-order valence-corrected chi connectivity index (χ4v) is 1.72. The number of methoxy groups -OCH3 is 1. The first-order chi connectivity index (χ1) is 6.72. The van der Waals surface area contributed by atoms with Crippen molar-refractivity contribution in [3.63, 3.8) is 0 Å². The molecular weight excluding hydrogens is 196 g/mol. The maximum atomic E-state index is 5.11. The van der Waals surface area contributed by atoms with Gasteiger partial charge in [0, 0.05) is 26.8 Å². The highest BCUT2D eigenvalue weighted by Gasteiger charge is 2.41. The van der Waals surface area contributed by atoms with Gasteiger partial charge in [-0.3, -0.25) is 0 Å². The molecule has 14 heavy (non-hydrogen) atoms. The lowest BCUT2D eigenvalue weighted by molar-refractivity contribution is 0.172. The fraction of sp³-hybridized carbons (Fsp3) is 0.900. The second-order valence-corrected chi connectivity index (χ2v) is 4.36. The highest BCUT2D eigenvalue weighted by atomic mass is 32.1. The maximum Gasteiger partial charge on any atom is 0.166 e. The highest BCUT2D eigenvalue weighted by Crippen LogP contribution is 2.48. The molecule has 0 saturated heterocycles. The Morgan fingerprint density at radius 1 is 1.43 bits per heavy atom. The quantitative estimate of drug-likeness (QED) is 0.656. The van der Waals surface area contributed by atoms with Gasteiger partial charge in [-0.2, -0.15) is 0 Å². The predicted molar refractivity (Wildman–Crippen MR) is 62.4 cm³/mol. The van der Waals surface area contributed by atoms with Gasteiger partial charge >= 0.3 is 0 Å². The average Bonchev–Trinajstić information content (AvgIpc) is 2.93. The molecule has 0 aromatic rings. The molecule has 0 amide bonds. The molecule has 2 N–H and O–H groups in total. The Morgan fingerprint density at radius 2 is 2.14 bits per heavy atom. The molecule has 0 spiro atoms. The summed E-state index contributed by atoms with van der Waals surface area (Å²) in [6.45, 7) is 4.78. The van der Waals surface area contributed by atoms with Gasteiger partial charge in [0.25, 0.3) is 0 Å². The van der Waals surface area contributed by atoms with Gasteiger partial charge in [-0.05, 0) is 43.8 Å². The van der Waals surface area contributed by atoms with E-state index in [1.165, 1.54) is 12.8 Å². The predicted octanol–water partition coefficient (Wildman–Crippen LogP) is 1.29. The third-order valence-corrected chi connectivity index (χ3v) is 3.04. The molecule has 1 fully saturated rings. The fourth-order valence-electron chi connectivity index (χ4n) is 1.50. The zero-order valence-corrected chi connectivity index (χ0v) is 9.88. The third-order valence-electron chi connectivity index (χ3n) is 2.75. The number of ether oxygens (including phenoxy) is 1. The van der Waals surface area contributed by atoms with Crippen molar-refractivity contribution >= 4 is 17.3 Å². The van der Waals surface area contributed by atoms with Crippen LogP contribution in [-0.4, -0.2) is 31.9 Å². The second-order valence-electron chi connectivity index (χ2n) is 3.96. The monoisotopic (exact) mass is 216 g/mol. The Balaban J connectivity index is 2.13. The standard InChI is InChI=1S/C10H20N2OS/c1-3-11-9(14)12-8-10(4-5-10)6-7-13-2/h3-8H2,1-2H3,(H2,11,12,14). The van der Waals surface area contributed by atoms with Gasteiger partial charge in [-0.25, -0.2) is 0 Å². The van der Waals surface area contributed by atoms with Crippen molar-refractivity contribution in [2.75, 3.05) is 26.8 Å². The third kappa shape index (κ3) is 3.80. The van der Waals surface area contributed by atoms with Gasteiger partial charge in [0.1, 0.15) is 0 Å². The largest absolute Gasteiger partial charge is 0.385 e. The summed E-state index contributed by atoms with van der Waals surface area (Å²) in [5.41, 5.74) is 0.468. The van der Waals surface area contributed by atoms with Crippen LogP contribution in [0.1, 0.15) is 26.2 Å². The van der Waals surface area contributed by atoms with Crippen molar-refractivity contribution in [1.82, 2.24) is 10.6 Å². The van der Waals surface area contributed by atoms with E-state index in [-0.39, 0.29) is 0 Å². The number of nitrogens with one attached hydrogen (secondary N) is 2. The van der Waals surface area contributed by atoms with Gasteiger partial charge in [0.2, 0.25) is 0 Å². The summed E-state index contributed by atoms with van der Waals surface area (Å²) in [4.78, 5) is 0. The van der Waals surface area contributed by atoms with E-state index in [9.17, 15) is 0 Å². The number of hydrogen-bond donors (Lipinski definition) is 2. The zero-order valence-electron chi connectivity index (χ0n) is 9.06. The molecule has 3 nitrogen and oxygen atoms in total. The van der Waals surface area contributed by atoms with Crippen molar-refractivity contribution in [2.24, 2.45) is 5.41 Å². The lowest BCUT2D eigenvalue weighted by Crippen LogP contribution is -2.38. The Morgan fingerprint density at radius 3 is 2.64 bits per heavy atom. The molecule has 0 atom stereocenters. The van der Waals surface area contributed by atoms with E-state index in [0.717, 1.165) is 31.2 Å². The lowest BCUT2D eigenvalue weighted by Gasteiger charge is -2.16. The minimum absolute atomic E-state index is 0.468. The summed E-state index contributed by atoms with van der Waals surface area (Å²) < 4.78 is 5.10. The second kappa shape index (κ2) is 5.51. The lowest BCUT2D eigenvalue weighted by atomic mass is 10.0. The van der Waals surface area contributed by atoms with Crippen LogP contribution in [0.2, 0.25) is 0 Å². The van der Waals surface area contributed by atoms with Crippen molar-refractivity contribution in [3.05, 3.63) is 0 Å². The summed E-state index contributed by atoms with van der Waals surface area (Å²) in [6.07, 6.45) is 3.75. The van der Waals surface area contributed by atoms with Crippen LogP contribution in [0.15, 0.2) is 0 Å². The molecule has 0 aliphatic heterocycles. The summed E-state index contributed by atoms with van der Waals surface area (Å²) in [7, 11) is 1.76. The molecule has 1 rings (SSSR count). The molecule has 82 valence electrons. The molecule has 0 radical (unpaired) electrons. The summed E-state index contributed by atoms with van der Waals surface area (Å²) >= 11 is 5.11. The van der Waals surface area contributed by atoms with Crippen molar-refractivity contribution in [3.8, 4) is 0 Å². The van der Waals surface area contributed by atoms with E-state index in [2.05, 4.69) is 10.6 Å². The van der Waals surface area contributed by atoms with E-state index in [4.69, 9.17) is 17.0 Å². The molecule has 0 aromatic heterocycles. The van der Waals surface area contributed by atoms with E-state index in [0.29, 0.717) is 5.41 Å². The maximum absolute atomic E-state index is 5.11. The van der Waals surface area contributed by atoms with Crippen LogP contribution in [0.25, 0.3) is 0 Å². The van der Waals surface area contributed by atoms with E-state index in [1.54, 1.807) is 7.11 Å². The van der Waals surface area contributed by atoms with E-state index >= 15 is 0 Å². The van der Waals surface area contributed by atoms with E-state index in [1.807, 2.05) is 6.92 Å². The van der Waals surface area contributed by atoms with Gasteiger partial charge in [0.05, 0.1) is 0 Å². The minimum Gasteiger partial charge on any atom is -0.385 e. The molecule has 4 heteroatoms. The molecule has 0 heterocycles. The topological polar surface area (TPSA) is 33.3 Å². The number of thiocarbonyl (C=S) groups is 1. The summed E-state index contributed by atoms with van der Waals surface area (Å²) in [5, 5.41) is 7.13. The first kappa shape index (κ1) is 11.7. The molecule has 0 unspecified atom stereocenters. The molecule has 0 aromatic carbocycles. The number of hydrogen-bond acceptors (Lipinski definition) is 2. The number of rotatable bonds is 6. The first-order valence-electron chi connectivity index (χ1n) is 5.23. The smallest absolute Gasteiger partial charge is 0.166 e. The van der Waals surface area contributed by atoms with Crippen molar-refractivity contribution in [2.45, 2.75) is 26.2 Å². The summed E-state index contributed by atoms with van der Waals surface area (Å²) in [5.74, 6) is 0. The Bertz CT molecular complexity index is 193. The van der Waals surface area contributed by atoms with Crippen molar-refractivity contribution < 1.29 is 4.74 Å². The summed E-state index contributed by atoms with van der Waals surface area (Å²) in [6, 6.07) is 0. The molecular formula is C10H20N2OS. The van der Waals surface area contributed by atoms with Crippen LogP contribution in [0, 0.1) is 5.41 Å². The SMILES string of the molecule is CCNC(=S)NCC1(CCOC)CC1. The highest BCUT2D eigenvalue weighted by molar-refractivity contribution is 7.80. The van der Waals surface area contributed by atoms with Crippen molar-refractivity contribution in [1.29, 1.82) is 0 Å². The van der Waals surface area contributed by atoms with Crippen LogP contribution in [0.4, 0.5) is 0 Å². The molecule has 1 aliphatic rings. The van der Waals surface area contributed by atoms with Crippen LogP contribution >= 0.6 is 12.2 Å². The Labute approximate surface area is 91.6 Å². The first-order valence-corrected chi connectivity index (χ1v) is 5.64. The average molecular weight is 216 g/mol. The minimum atomic E-state index is 0.468. The van der Waals surface area contributed by atoms with Crippen LogP contribution in [-0.2, 0) is 4.74 Å². The molecule has 0 bridgehead atoms. The normalized spacial score (nSPS) is 17.6. The van der Waals surface area contributed by atoms with E-state index < -0.39 is 0 Å². The Hall–Kier alpha value is -0.350. The van der Waals surface area contributed by atoms with Crippen LogP contribution < -0.4 is 10.6 Å². The van der Waals surface area contributed by atoms with Gasteiger partial charge in [0.15, 0.2) is 5.11 Å². The van der Waals surface area contributed by atoms with Gasteiger partial charge in [-0.1, -0.05) is 0 Å². The van der Waals surface area contributed by atoms with Gasteiger partial charge in [-0.15, -0.1) is 0 Å². The van der Waals surface area contributed by atoms with Gasteiger partial charge < -0.3 is 15.4 Å². The zero-order chi connectivity index (χ0) is 10.4. The van der Waals surface area contributed by atoms with Crippen LogP contribution in [0.3, 0.4) is 0 Å². The Kier molecular flexibility index (Phi) is 4.62.